The maximum atomic E-state index is 2.32. The Hall–Kier alpha value is -0.460. The van der Waals surface area contributed by atoms with Crippen molar-refractivity contribution in [3.63, 3.8) is 0 Å². The SMILES string of the molecule is CCC/C(=C\N(C)C(C)C)C(C)C. The molecule has 0 saturated carbocycles. The van der Waals surface area contributed by atoms with E-state index in [9.17, 15) is 0 Å². The van der Waals surface area contributed by atoms with Gasteiger partial charge >= 0.3 is 0 Å². The lowest BCUT2D eigenvalue weighted by Gasteiger charge is -2.22. The predicted molar refractivity (Wildman–Crippen MR) is 60.7 cm³/mol. The van der Waals surface area contributed by atoms with Crippen molar-refractivity contribution < 1.29 is 0 Å². The molecule has 0 aromatic carbocycles. The highest BCUT2D eigenvalue weighted by atomic mass is 15.1. The highest BCUT2D eigenvalue weighted by Gasteiger charge is 2.04. The second-order valence-electron chi connectivity index (χ2n) is 4.37. The Bertz CT molecular complexity index is 157. The van der Waals surface area contributed by atoms with Crippen molar-refractivity contribution in [3.8, 4) is 0 Å². The summed E-state index contributed by atoms with van der Waals surface area (Å²) < 4.78 is 0. The van der Waals surface area contributed by atoms with E-state index in [1.807, 2.05) is 0 Å². The van der Waals surface area contributed by atoms with Crippen molar-refractivity contribution in [1.82, 2.24) is 4.90 Å². The topological polar surface area (TPSA) is 3.24 Å². The molecule has 0 aromatic heterocycles. The van der Waals surface area contributed by atoms with Gasteiger partial charge < -0.3 is 4.90 Å². The lowest BCUT2D eigenvalue weighted by atomic mass is 9.99. The summed E-state index contributed by atoms with van der Waals surface area (Å²) in [6.45, 7) is 11.2. The monoisotopic (exact) mass is 183 g/mol. The molecule has 0 radical (unpaired) electrons. The maximum Gasteiger partial charge on any atom is 0.0224 e. The molecule has 0 aliphatic heterocycles. The van der Waals surface area contributed by atoms with Crippen LogP contribution in [0.4, 0.5) is 0 Å². The molecule has 0 bridgehead atoms. The zero-order chi connectivity index (χ0) is 10.4. The van der Waals surface area contributed by atoms with Gasteiger partial charge in [-0.05, 0) is 32.4 Å². The van der Waals surface area contributed by atoms with E-state index in [1.54, 1.807) is 5.57 Å². The van der Waals surface area contributed by atoms with E-state index in [1.165, 1.54) is 12.8 Å². The van der Waals surface area contributed by atoms with Gasteiger partial charge in [0, 0.05) is 13.1 Å². The highest BCUT2D eigenvalue weighted by Crippen LogP contribution is 2.16. The van der Waals surface area contributed by atoms with Crippen LogP contribution in [0.15, 0.2) is 11.8 Å². The van der Waals surface area contributed by atoms with E-state index >= 15 is 0 Å². The highest BCUT2D eigenvalue weighted by molar-refractivity contribution is 5.04. The van der Waals surface area contributed by atoms with Gasteiger partial charge in [0.2, 0.25) is 0 Å². The molecule has 78 valence electrons. The van der Waals surface area contributed by atoms with Gasteiger partial charge in [-0.3, -0.25) is 0 Å². The number of allylic oxidation sites excluding steroid dienone is 1. The Kier molecular flexibility index (Phi) is 5.85. The smallest absolute Gasteiger partial charge is 0.0224 e. The first-order valence-corrected chi connectivity index (χ1v) is 5.41. The first kappa shape index (κ1) is 12.5. The Morgan fingerprint density at radius 3 is 2.08 bits per heavy atom. The average molecular weight is 183 g/mol. The zero-order valence-corrected chi connectivity index (χ0v) is 10.1. The largest absolute Gasteiger partial charge is 0.378 e. The van der Waals surface area contributed by atoms with Crippen molar-refractivity contribution in [3.05, 3.63) is 11.8 Å². The van der Waals surface area contributed by atoms with Crippen LogP contribution in [0.1, 0.15) is 47.5 Å². The minimum Gasteiger partial charge on any atom is -0.378 e. The molecule has 1 nitrogen and oxygen atoms in total. The Morgan fingerprint density at radius 1 is 1.23 bits per heavy atom. The van der Waals surface area contributed by atoms with Gasteiger partial charge in [-0.25, -0.2) is 0 Å². The van der Waals surface area contributed by atoms with Gasteiger partial charge in [0.05, 0.1) is 0 Å². The van der Waals surface area contributed by atoms with Gasteiger partial charge in [0.25, 0.3) is 0 Å². The molecule has 0 fully saturated rings. The van der Waals surface area contributed by atoms with Gasteiger partial charge in [-0.1, -0.05) is 32.8 Å². The average Bonchev–Trinajstić information content (AvgIpc) is 2.03. The fraction of sp³-hybridized carbons (Fsp3) is 0.833. The van der Waals surface area contributed by atoms with E-state index in [-0.39, 0.29) is 0 Å². The Balaban J connectivity index is 4.33. The third-order valence-electron chi connectivity index (χ3n) is 2.46. The van der Waals surface area contributed by atoms with E-state index in [0.29, 0.717) is 12.0 Å². The van der Waals surface area contributed by atoms with Gasteiger partial charge in [0.1, 0.15) is 0 Å². The van der Waals surface area contributed by atoms with Crippen LogP contribution in [0.5, 0.6) is 0 Å². The normalized spacial score (nSPS) is 12.8. The molecule has 0 spiro atoms. The Labute approximate surface area is 83.8 Å². The lowest BCUT2D eigenvalue weighted by Crippen LogP contribution is -2.21. The summed E-state index contributed by atoms with van der Waals surface area (Å²) in [6.07, 6.45) is 4.80. The molecule has 0 N–H and O–H groups in total. The molecule has 13 heavy (non-hydrogen) atoms. The second kappa shape index (κ2) is 6.06. The second-order valence-corrected chi connectivity index (χ2v) is 4.37. The molecule has 0 aliphatic rings. The van der Waals surface area contributed by atoms with Crippen LogP contribution in [0.3, 0.4) is 0 Å². The van der Waals surface area contributed by atoms with Gasteiger partial charge in [-0.15, -0.1) is 0 Å². The van der Waals surface area contributed by atoms with Crippen LogP contribution >= 0.6 is 0 Å². The fourth-order valence-corrected chi connectivity index (χ4v) is 1.20. The molecule has 0 atom stereocenters. The molecule has 0 unspecified atom stereocenters. The summed E-state index contributed by atoms with van der Waals surface area (Å²) >= 11 is 0. The fourth-order valence-electron chi connectivity index (χ4n) is 1.20. The molecular formula is C12H25N. The maximum absolute atomic E-state index is 2.32. The molecular weight excluding hydrogens is 158 g/mol. The zero-order valence-electron chi connectivity index (χ0n) is 10.1. The summed E-state index contributed by atoms with van der Waals surface area (Å²) in [6, 6.07) is 0.602. The van der Waals surface area contributed by atoms with E-state index < -0.39 is 0 Å². The van der Waals surface area contributed by atoms with Crippen molar-refractivity contribution in [2.75, 3.05) is 7.05 Å². The summed E-state index contributed by atoms with van der Waals surface area (Å²) in [4.78, 5) is 2.30. The first-order valence-electron chi connectivity index (χ1n) is 5.41. The van der Waals surface area contributed by atoms with Crippen molar-refractivity contribution in [1.29, 1.82) is 0 Å². The first-order chi connectivity index (χ1) is 5.99. The number of nitrogens with zero attached hydrogens (tertiary/aromatic N) is 1. The minimum absolute atomic E-state index is 0.602. The quantitative estimate of drug-likeness (QED) is 0.628. The van der Waals surface area contributed by atoms with Crippen molar-refractivity contribution in [2.45, 2.75) is 53.5 Å². The number of hydrogen-bond donors (Lipinski definition) is 0. The van der Waals surface area contributed by atoms with Crippen LogP contribution in [-0.2, 0) is 0 Å². The summed E-state index contributed by atoms with van der Waals surface area (Å²) in [5.74, 6) is 0.682. The Morgan fingerprint density at radius 2 is 1.77 bits per heavy atom. The van der Waals surface area contributed by atoms with Crippen molar-refractivity contribution >= 4 is 0 Å². The van der Waals surface area contributed by atoms with Crippen LogP contribution in [-0.4, -0.2) is 18.0 Å². The molecule has 0 saturated heterocycles. The van der Waals surface area contributed by atoms with Crippen LogP contribution in [0.2, 0.25) is 0 Å². The number of rotatable bonds is 5. The molecule has 0 rings (SSSR count). The molecule has 0 aromatic rings. The van der Waals surface area contributed by atoms with Gasteiger partial charge in [0.15, 0.2) is 0 Å². The van der Waals surface area contributed by atoms with E-state index in [0.717, 1.165) is 0 Å². The third kappa shape index (κ3) is 4.97. The predicted octanol–water partition coefficient (Wildman–Crippen LogP) is 3.67. The summed E-state index contributed by atoms with van der Waals surface area (Å²) in [5, 5.41) is 0. The van der Waals surface area contributed by atoms with Gasteiger partial charge in [-0.2, -0.15) is 0 Å². The van der Waals surface area contributed by atoms with E-state index in [4.69, 9.17) is 0 Å². The summed E-state index contributed by atoms with van der Waals surface area (Å²) in [5.41, 5.74) is 1.57. The van der Waals surface area contributed by atoms with Crippen molar-refractivity contribution in [2.24, 2.45) is 5.92 Å². The molecule has 0 heterocycles. The van der Waals surface area contributed by atoms with E-state index in [2.05, 4.69) is 52.8 Å². The minimum atomic E-state index is 0.602. The van der Waals surface area contributed by atoms with Crippen LogP contribution in [0, 0.1) is 5.92 Å². The van der Waals surface area contributed by atoms with Crippen LogP contribution in [0.25, 0.3) is 0 Å². The summed E-state index contributed by atoms with van der Waals surface area (Å²) in [7, 11) is 2.16. The molecule has 1 heteroatoms. The third-order valence-corrected chi connectivity index (χ3v) is 2.46. The standard InChI is InChI=1S/C12H25N/c1-7-8-12(10(2)3)9-13(6)11(4)5/h9-11H,7-8H2,1-6H3/b12-9+. The van der Waals surface area contributed by atoms with Crippen LogP contribution < -0.4 is 0 Å². The molecule has 0 amide bonds. The lowest BCUT2D eigenvalue weighted by molar-refractivity contribution is 0.368. The molecule has 0 aliphatic carbocycles. The number of hydrogen-bond acceptors (Lipinski definition) is 1.